The highest BCUT2D eigenvalue weighted by Gasteiger charge is 2.17. The van der Waals surface area contributed by atoms with Crippen molar-refractivity contribution >= 4 is 38.5 Å². The maximum absolute atomic E-state index is 5.30. The Labute approximate surface area is 147 Å². The second-order valence-corrected chi connectivity index (χ2v) is 6.81. The molecule has 0 radical (unpaired) electrons. The third kappa shape index (κ3) is 4.40. The van der Waals surface area contributed by atoms with Gasteiger partial charge in [-0.15, -0.1) is 0 Å². The Kier molecular flexibility index (Phi) is 6.44. The summed E-state index contributed by atoms with van der Waals surface area (Å²) in [7, 11) is 1.66. The van der Waals surface area contributed by atoms with Gasteiger partial charge >= 0.3 is 0 Å². The molecule has 1 aromatic heterocycles. The Morgan fingerprint density at radius 2 is 2.14 bits per heavy atom. The van der Waals surface area contributed by atoms with Crippen molar-refractivity contribution in [1.29, 1.82) is 0 Å². The van der Waals surface area contributed by atoms with Gasteiger partial charge in [0.2, 0.25) is 0 Å². The highest BCUT2D eigenvalue weighted by Crippen LogP contribution is 2.31. The number of methoxy groups -OCH3 is 1. The largest absolute Gasteiger partial charge is 0.495 e. The molecule has 1 heterocycles. The maximum atomic E-state index is 5.30. The molecule has 2 rings (SSSR count). The first-order valence-electron chi connectivity index (χ1n) is 6.83. The minimum absolute atomic E-state index is 0.0941. The van der Waals surface area contributed by atoms with Gasteiger partial charge in [-0.3, -0.25) is 4.98 Å². The molecule has 1 unspecified atom stereocenters. The highest BCUT2D eigenvalue weighted by molar-refractivity contribution is 14.1. The van der Waals surface area contributed by atoms with Crippen LogP contribution < -0.4 is 10.1 Å². The molecule has 0 saturated carbocycles. The molecule has 0 bridgehead atoms. The SMILES string of the molecule is CCCNC(c1cncc(OC)c1)c1cc(I)ccc1Br. The van der Waals surface area contributed by atoms with E-state index in [0.29, 0.717) is 0 Å². The van der Waals surface area contributed by atoms with Gasteiger partial charge in [0.1, 0.15) is 5.75 Å². The molecule has 0 saturated heterocycles. The number of rotatable bonds is 6. The van der Waals surface area contributed by atoms with Gasteiger partial charge in [0.05, 0.1) is 19.3 Å². The van der Waals surface area contributed by atoms with E-state index in [1.165, 1.54) is 9.13 Å². The normalized spacial score (nSPS) is 12.2. The number of nitrogens with zero attached hydrogens (tertiary/aromatic N) is 1. The van der Waals surface area contributed by atoms with Crippen LogP contribution in [0.25, 0.3) is 0 Å². The quantitative estimate of drug-likeness (QED) is 0.642. The van der Waals surface area contributed by atoms with Gasteiger partial charge in [-0.2, -0.15) is 0 Å². The number of hydrogen-bond acceptors (Lipinski definition) is 3. The Balaban J connectivity index is 2.44. The van der Waals surface area contributed by atoms with Crippen molar-refractivity contribution < 1.29 is 4.74 Å². The van der Waals surface area contributed by atoms with E-state index in [1.54, 1.807) is 13.3 Å². The summed E-state index contributed by atoms with van der Waals surface area (Å²) in [5.41, 5.74) is 2.32. The molecule has 1 N–H and O–H groups in total. The average molecular weight is 461 g/mol. The lowest BCUT2D eigenvalue weighted by Crippen LogP contribution is -2.23. The average Bonchev–Trinajstić information content (AvgIpc) is 2.51. The van der Waals surface area contributed by atoms with E-state index in [1.807, 2.05) is 12.3 Å². The number of ether oxygens (including phenoxy) is 1. The van der Waals surface area contributed by atoms with Crippen molar-refractivity contribution in [3.05, 3.63) is 55.8 Å². The van der Waals surface area contributed by atoms with Crippen LogP contribution in [0.2, 0.25) is 0 Å². The van der Waals surface area contributed by atoms with Crippen LogP contribution in [0.4, 0.5) is 0 Å². The van der Waals surface area contributed by atoms with Gasteiger partial charge in [0.15, 0.2) is 0 Å². The molecule has 1 aromatic carbocycles. The molecule has 0 fully saturated rings. The van der Waals surface area contributed by atoms with Gasteiger partial charge in [-0.05, 0) is 70.9 Å². The van der Waals surface area contributed by atoms with Crippen LogP contribution in [-0.2, 0) is 0 Å². The fraction of sp³-hybridized carbons (Fsp3) is 0.312. The number of benzene rings is 1. The molecule has 0 aliphatic heterocycles. The molecule has 21 heavy (non-hydrogen) atoms. The van der Waals surface area contributed by atoms with Crippen LogP contribution in [0.5, 0.6) is 5.75 Å². The van der Waals surface area contributed by atoms with E-state index < -0.39 is 0 Å². The van der Waals surface area contributed by atoms with Gasteiger partial charge in [0.25, 0.3) is 0 Å². The van der Waals surface area contributed by atoms with E-state index in [9.17, 15) is 0 Å². The molecule has 0 spiro atoms. The van der Waals surface area contributed by atoms with Gasteiger partial charge in [-0.25, -0.2) is 0 Å². The topological polar surface area (TPSA) is 34.2 Å². The summed E-state index contributed by atoms with van der Waals surface area (Å²) in [6.45, 7) is 3.11. The Bertz CT molecular complexity index is 607. The third-order valence-corrected chi connectivity index (χ3v) is 4.56. The molecule has 3 nitrogen and oxygen atoms in total. The molecule has 0 amide bonds. The minimum Gasteiger partial charge on any atom is -0.495 e. The first-order valence-corrected chi connectivity index (χ1v) is 8.70. The van der Waals surface area contributed by atoms with E-state index in [2.05, 4.69) is 73.9 Å². The summed E-state index contributed by atoms with van der Waals surface area (Å²) in [5, 5.41) is 3.59. The molecule has 5 heteroatoms. The predicted molar refractivity (Wildman–Crippen MR) is 97.8 cm³/mol. The molecule has 0 aliphatic carbocycles. The van der Waals surface area contributed by atoms with Crippen LogP contribution in [-0.4, -0.2) is 18.6 Å². The number of nitrogens with one attached hydrogen (secondary N) is 1. The van der Waals surface area contributed by atoms with Gasteiger partial charge in [-0.1, -0.05) is 22.9 Å². The summed E-state index contributed by atoms with van der Waals surface area (Å²) in [6.07, 6.45) is 4.70. The van der Waals surface area contributed by atoms with Crippen molar-refractivity contribution in [3.8, 4) is 5.75 Å². The first-order chi connectivity index (χ1) is 10.2. The van der Waals surface area contributed by atoms with E-state index in [0.717, 1.165) is 28.8 Å². The Morgan fingerprint density at radius 1 is 1.33 bits per heavy atom. The number of aromatic nitrogens is 1. The van der Waals surface area contributed by atoms with E-state index >= 15 is 0 Å². The summed E-state index contributed by atoms with van der Waals surface area (Å²) in [6, 6.07) is 8.50. The molecular formula is C16H18BrIN2O. The first kappa shape index (κ1) is 16.7. The molecule has 2 aromatic rings. The molecule has 112 valence electrons. The fourth-order valence-electron chi connectivity index (χ4n) is 2.14. The lowest BCUT2D eigenvalue weighted by Gasteiger charge is -2.21. The zero-order valence-corrected chi connectivity index (χ0v) is 15.8. The van der Waals surface area contributed by atoms with Gasteiger partial charge < -0.3 is 10.1 Å². The third-order valence-electron chi connectivity index (χ3n) is 3.17. The lowest BCUT2D eigenvalue weighted by molar-refractivity contribution is 0.411. The monoisotopic (exact) mass is 460 g/mol. The summed E-state index contributed by atoms with van der Waals surface area (Å²) >= 11 is 6.00. The second-order valence-electron chi connectivity index (χ2n) is 4.71. The van der Waals surface area contributed by atoms with Crippen molar-refractivity contribution in [3.63, 3.8) is 0 Å². The van der Waals surface area contributed by atoms with Gasteiger partial charge in [0, 0.05) is 14.2 Å². The summed E-state index contributed by atoms with van der Waals surface area (Å²) < 4.78 is 7.61. The Morgan fingerprint density at radius 3 is 2.86 bits per heavy atom. The fourth-order valence-corrected chi connectivity index (χ4v) is 3.13. The molecule has 0 aliphatic rings. The van der Waals surface area contributed by atoms with Crippen LogP contribution in [0.3, 0.4) is 0 Å². The summed E-state index contributed by atoms with van der Waals surface area (Å²) in [5.74, 6) is 0.776. The molecule has 1 atom stereocenters. The van der Waals surface area contributed by atoms with Crippen molar-refractivity contribution in [2.45, 2.75) is 19.4 Å². The van der Waals surface area contributed by atoms with Crippen LogP contribution in [0, 0.1) is 3.57 Å². The second kappa shape index (κ2) is 8.10. The minimum atomic E-state index is 0.0941. The zero-order valence-electron chi connectivity index (χ0n) is 12.1. The predicted octanol–water partition coefficient (Wildman–Crippen LogP) is 4.55. The van der Waals surface area contributed by atoms with Crippen molar-refractivity contribution in [2.75, 3.05) is 13.7 Å². The van der Waals surface area contributed by atoms with Crippen molar-refractivity contribution in [2.24, 2.45) is 0 Å². The van der Waals surface area contributed by atoms with Crippen LogP contribution in [0.15, 0.2) is 41.1 Å². The van der Waals surface area contributed by atoms with Crippen molar-refractivity contribution in [1.82, 2.24) is 10.3 Å². The maximum Gasteiger partial charge on any atom is 0.137 e. The number of halogens is 2. The summed E-state index contributed by atoms with van der Waals surface area (Å²) in [4.78, 5) is 4.28. The van der Waals surface area contributed by atoms with E-state index in [4.69, 9.17) is 4.74 Å². The smallest absolute Gasteiger partial charge is 0.137 e. The standard InChI is InChI=1S/C16H18BrIN2O/c1-3-6-20-16(11-7-13(21-2)10-19-9-11)14-8-12(18)4-5-15(14)17/h4-5,7-10,16,20H,3,6H2,1-2H3. The van der Waals surface area contributed by atoms with Crippen LogP contribution in [0.1, 0.15) is 30.5 Å². The highest BCUT2D eigenvalue weighted by atomic mass is 127. The zero-order chi connectivity index (χ0) is 15.2. The number of pyridine rings is 1. The van der Waals surface area contributed by atoms with E-state index in [-0.39, 0.29) is 6.04 Å². The lowest BCUT2D eigenvalue weighted by atomic mass is 10.00. The Hall–Kier alpha value is -0.660. The molecular weight excluding hydrogens is 443 g/mol. The number of hydrogen-bond donors (Lipinski definition) is 1. The van der Waals surface area contributed by atoms with Crippen LogP contribution >= 0.6 is 38.5 Å².